The number of methoxy groups -OCH3 is 1. The fourth-order valence-electron chi connectivity index (χ4n) is 3.16. The van der Waals surface area contributed by atoms with Crippen LogP contribution in [0.15, 0.2) is 35.1 Å². The van der Waals surface area contributed by atoms with Crippen molar-refractivity contribution in [1.29, 1.82) is 0 Å². The molecule has 1 aliphatic heterocycles. The molecule has 128 valence electrons. The molecule has 6 heteroatoms. The smallest absolute Gasteiger partial charge is 0.308 e. The van der Waals surface area contributed by atoms with Gasteiger partial charge in [0.2, 0.25) is 0 Å². The average Bonchev–Trinajstić information content (AvgIpc) is 2.59. The molecule has 1 aliphatic rings. The van der Waals surface area contributed by atoms with Crippen LogP contribution in [0.25, 0.3) is 10.9 Å². The minimum Gasteiger partial charge on any atom is -0.469 e. The van der Waals surface area contributed by atoms with Crippen molar-refractivity contribution in [3.05, 3.63) is 46.2 Å². The molecule has 0 radical (unpaired) electrons. The van der Waals surface area contributed by atoms with Crippen LogP contribution < -0.4 is 5.56 Å². The van der Waals surface area contributed by atoms with Gasteiger partial charge in [0.15, 0.2) is 0 Å². The van der Waals surface area contributed by atoms with Gasteiger partial charge in [0.1, 0.15) is 0 Å². The van der Waals surface area contributed by atoms with E-state index in [9.17, 15) is 9.59 Å². The Balaban J connectivity index is 1.78. The number of ether oxygens (including phenoxy) is 2. The Labute approximate surface area is 140 Å². The minimum atomic E-state index is -0.275. The van der Waals surface area contributed by atoms with Crippen molar-refractivity contribution in [2.24, 2.45) is 7.05 Å². The van der Waals surface area contributed by atoms with Crippen molar-refractivity contribution >= 4 is 16.9 Å². The standard InChI is InChI=1S/C18H22N2O4/c1-19-16-6-4-3-5-13(16)9-14(18(19)22)11-20-7-8-24-15(12-20)10-17(21)23-2/h3-6,9,15H,7-8,10-12H2,1-2H3/t15-/m0/s1. The molecule has 2 aromatic rings. The number of carbonyl (C=O) groups excluding carboxylic acids is 1. The largest absolute Gasteiger partial charge is 0.469 e. The first kappa shape index (κ1) is 16.7. The van der Waals surface area contributed by atoms with Crippen molar-refractivity contribution in [2.75, 3.05) is 26.8 Å². The third-order valence-corrected chi connectivity index (χ3v) is 4.45. The molecule has 1 atom stereocenters. The van der Waals surface area contributed by atoms with E-state index in [0.29, 0.717) is 19.7 Å². The monoisotopic (exact) mass is 330 g/mol. The van der Waals surface area contributed by atoms with E-state index in [1.807, 2.05) is 30.3 Å². The number of hydrogen-bond donors (Lipinski definition) is 0. The number of para-hydroxylation sites is 1. The number of rotatable bonds is 4. The molecule has 0 amide bonds. The van der Waals surface area contributed by atoms with Crippen molar-refractivity contribution in [3.63, 3.8) is 0 Å². The Morgan fingerprint density at radius 2 is 2.17 bits per heavy atom. The summed E-state index contributed by atoms with van der Waals surface area (Å²) >= 11 is 0. The predicted octanol–water partition coefficient (Wildman–Crippen LogP) is 1.30. The Kier molecular flexibility index (Phi) is 4.97. The zero-order valence-corrected chi connectivity index (χ0v) is 14.0. The van der Waals surface area contributed by atoms with Gasteiger partial charge in [0.05, 0.1) is 31.8 Å². The minimum absolute atomic E-state index is 0.0182. The lowest BCUT2D eigenvalue weighted by Gasteiger charge is -2.32. The van der Waals surface area contributed by atoms with Gasteiger partial charge in [-0.3, -0.25) is 14.5 Å². The van der Waals surface area contributed by atoms with Crippen molar-refractivity contribution in [1.82, 2.24) is 9.47 Å². The highest BCUT2D eigenvalue weighted by molar-refractivity contribution is 5.79. The molecule has 0 N–H and O–H groups in total. The fraction of sp³-hybridized carbons (Fsp3) is 0.444. The van der Waals surface area contributed by atoms with Crippen LogP contribution in [0.2, 0.25) is 0 Å². The predicted molar refractivity (Wildman–Crippen MR) is 90.8 cm³/mol. The summed E-state index contributed by atoms with van der Waals surface area (Å²) in [5.74, 6) is -0.275. The van der Waals surface area contributed by atoms with E-state index in [4.69, 9.17) is 9.47 Å². The normalized spacial score (nSPS) is 18.7. The lowest BCUT2D eigenvalue weighted by atomic mass is 10.1. The van der Waals surface area contributed by atoms with Gasteiger partial charge in [-0.2, -0.15) is 0 Å². The molecule has 0 unspecified atom stereocenters. The first-order valence-electron chi connectivity index (χ1n) is 8.07. The Bertz CT molecular complexity index is 799. The van der Waals surface area contributed by atoms with Gasteiger partial charge in [0, 0.05) is 32.2 Å². The third kappa shape index (κ3) is 3.49. The van der Waals surface area contributed by atoms with Gasteiger partial charge < -0.3 is 14.0 Å². The first-order chi connectivity index (χ1) is 11.6. The van der Waals surface area contributed by atoms with Crippen LogP contribution in [-0.2, 0) is 27.9 Å². The summed E-state index contributed by atoms with van der Waals surface area (Å²) in [6.07, 6.45) is 0.0541. The summed E-state index contributed by atoms with van der Waals surface area (Å²) in [5.41, 5.74) is 1.71. The maximum atomic E-state index is 12.6. The molecule has 1 aromatic heterocycles. The lowest BCUT2D eigenvalue weighted by molar-refractivity contribution is -0.145. The summed E-state index contributed by atoms with van der Waals surface area (Å²) in [6, 6.07) is 9.82. The second-order valence-corrected chi connectivity index (χ2v) is 6.10. The lowest BCUT2D eigenvalue weighted by Crippen LogP contribution is -2.43. The summed E-state index contributed by atoms with van der Waals surface area (Å²) < 4.78 is 12.0. The van der Waals surface area contributed by atoms with E-state index in [1.54, 1.807) is 11.6 Å². The summed E-state index contributed by atoms with van der Waals surface area (Å²) in [6.45, 7) is 2.47. The van der Waals surface area contributed by atoms with E-state index in [2.05, 4.69) is 4.90 Å². The van der Waals surface area contributed by atoms with Gasteiger partial charge in [-0.05, 0) is 17.5 Å². The van der Waals surface area contributed by atoms with Crippen LogP contribution in [-0.4, -0.2) is 48.3 Å². The molecule has 0 bridgehead atoms. The number of esters is 1. The van der Waals surface area contributed by atoms with Gasteiger partial charge in [0.25, 0.3) is 5.56 Å². The number of hydrogen-bond acceptors (Lipinski definition) is 5. The molecule has 1 saturated heterocycles. The Hall–Kier alpha value is -2.18. The number of benzene rings is 1. The molecule has 1 fully saturated rings. The average molecular weight is 330 g/mol. The van der Waals surface area contributed by atoms with Gasteiger partial charge >= 0.3 is 5.97 Å². The molecule has 0 spiro atoms. The molecule has 0 aliphatic carbocycles. The van der Waals surface area contributed by atoms with Crippen LogP contribution in [0.5, 0.6) is 0 Å². The number of carbonyl (C=O) groups is 1. The summed E-state index contributed by atoms with van der Waals surface area (Å²) in [4.78, 5) is 26.2. The quantitative estimate of drug-likeness (QED) is 0.791. The number of nitrogens with zero attached hydrogens (tertiary/aromatic N) is 2. The maximum Gasteiger partial charge on any atom is 0.308 e. The topological polar surface area (TPSA) is 60.8 Å². The van der Waals surface area contributed by atoms with Gasteiger partial charge in [-0.1, -0.05) is 18.2 Å². The zero-order chi connectivity index (χ0) is 17.1. The molecular weight excluding hydrogens is 308 g/mol. The Morgan fingerprint density at radius 3 is 2.96 bits per heavy atom. The van der Waals surface area contributed by atoms with E-state index in [1.165, 1.54) is 7.11 Å². The molecule has 6 nitrogen and oxygen atoms in total. The van der Waals surface area contributed by atoms with E-state index in [0.717, 1.165) is 23.0 Å². The highest BCUT2D eigenvalue weighted by Crippen LogP contribution is 2.16. The molecule has 2 heterocycles. The number of aromatic nitrogens is 1. The SMILES string of the molecule is COC(=O)C[C@H]1CN(Cc2cc3ccccc3n(C)c2=O)CCO1. The van der Waals surface area contributed by atoms with Crippen LogP contribution >= 0.6 is 0 Å². The molecule has 24 heavy (non-hydrogen) atoms. The van der Waals surface area contributed by atoms with Gasteiger partial charge in [-0.15, -0.1) is 0 Å². The van der Waals surface area contributed by atoms with E-state index >= 15 is 0 Å². The molecular formula is C18H22N2O4. The van der Waals surface area contributed by atoms with Crippen LogP contribution in [0.3, 0.4) is 0 Å². The van der Waals surface area contributed by atoms with Crippen LogP contribution in [0.1, 0.15) is 12.0 Å². The highest BCUT2D eigenvalue weighted by atomic mass is 16.5. The van der Waals surface area contributed by atoms with Crippen molar-refractivity contribution in [3.8, 4) is 0 Å². The number of morpholine rings is 1. The maximum absolute atomic E-state index is 12.6. The molecule has 3 rings (SSSR count). The van der Waals surface area contributed by atoms with Crippen molar-refractivity contribution in [2.45, 2.75) is 19.1 Å². The fourth-order valence-corrected chi connectivity index (χ4v) is 3.16. The molecule has 1 aromatic carbocycles. The molecule has 0 saturated carbocycles. The number of fused-ring (bicyclic) bond motifs is 1. The highest BCUT2D eigenvalue weighted by Gasteiger charge is 2.24. The van der Waals surface area contributed by atoms with E-state index in [-0.39, 0.29) is 24.1 Å². The first-order valence-corrected chi connectivity index (χ1v) is 8.07. The zero-order valence-electron chi connectivity index (χ0n) is 14.0. The van der Waals surface area contributed by atoms with Crippen LogP contribution in [0, 0.1) is 0 Å². The summed E-state index contributed by atoms with van der Waals surface area (Å²) in [5, 5.41) is 1.05. The van der Waals surface area contributed by atoms with E-state index < -0.39 is 0 Å². The van der Waals surface area contributed by atoms with Crippen molar-refractivity contribution < 1.29 is 14.3 Å². The second-order valence-electron chi connectivity index (χ2n) is 6.10. The number of aryl methyl sites for hydroxylation is 1. The Morgan fingerprint density at radius 1 is 1.38 bits per heavy atom. The van der Waals surface area contributed by atoms with Gasteiger partial charge in [-0.25, -0.2) is 0 Å². The summed E-state index contributed by atoms with van der Waals surface area (Å²) in [7, 11) is 3.18. The number of pyridine rings is 1. The third-order valence-electron chi connectivity index (χ3n) is 4.45. The van der Waals surface area contributed by atoms with Crippen LogP contribution in [0.4, 0.5) is 0 Å². The second kappa shape index (κ2) is 7.15.